The number of carbonyl (C=O) groups is 1. The van der Waals surface area contributed by atoms with Crippen molar-refractivity contribution in [1.29, 1.82) is 0 Å². The zero-order valence-corrected chi connectivity index (χ0v) is 11.4. The molecular formula is C15H23NO2. The summed E-state index contributed by atoms with van der Waals surface area (Å²) in [4.78, 5) is 13.6. The maximum absolute atomic E-state index is 11.9. The van der Waals surface area contributed by atoms with E-state index in [-0.39, 0.29) is 12.5 Å². The van der Waals surface area contributed by atoms with Crippen molar-refractivity contribution < 1.29 is 9.90 Å². The van der Waals surface area contributed by atoms with E-state index >= 15 is 0 Å². The van der Waals surface area contributed by atoms with Crippen LogP contribution in [0.3, 0.4) is 0 Å². The summed E-state index contributed by atoms with van der Waals surface area (Å²) in [6.07, 6.45) is 2.32. The van der Waals surface area contributed by atoms with E-state index in [4.69, 9.17) is 5.11 Å². The Morgan fingerprint density at radius 3 is 2.28 bits per heavy atom. The number of aliphatic hydroxyl groups excluding tert-OH is 1. The lowest BCUT2D eigenvalue weighted by Crippen LogP contribution is -2.33. The van der Waals surface area contributed by atoms with Crippen molar-refractivity contribution >= 4 is 5.91 Å². The van der Waals surface area contributed by atoms with E-state index in [0.29, 0.717) is 19.5 Å². The van der Waals surface area contributed by atoms with Gasteiger partial charge in [0.15, 0.2) is 0 Å². The molecule has 100 valence electrons. The van der Waals surface area contributed by atoms with Crippen molar-refractivity contribution in [2.24, 2.45) is 0 Å². The van der Waals surface area contributed by atoms with Crippen molar-refractivity contribution in [3.63, 3.8) is 0 Å². The molecule has 0 saturated carbocycles. The van der Waals surface area contributed by atoms with Gasteiger partial charge in [-0.1, -0.05) is 31.2 Å². The topological polar surface area (TPSA) is 40.5 Å². The third-order valence-electron chi connectivity index (χ3n) is 3.16. The van der Waals surface area contributed by atoms with Crippen LogP contribution in [-0.4, -0.2) is 35.6 Å². The van der Waals surface area contributed by atoms with Gasteiger partial charge in [0.05, 0.1) is 6.61 Å². The standard InChI is InChI=1S/C15H23NO2/c1-3-13-5-7-14(8-6-13)9-10-15(18)16(4-2)11-12-17/h5-8,17H,3-4,9-12H2,1-2H3. The van der Waals surface area contributed by atoms with Crippen molar-refractivity contribution in [3.05, 3.63) is 35.4 Å². The van der Waals surface area contributed by atoms with Gasteiger partial charge < -0.3 is 10.0 Å². The van der Waals surface area contributed by atoms with E-state index in [0.717, 1.165) is 12.8 Å². The molecule has 0 aliphatic heterocycles. The van der Waals surface area contributed by atoms with Gasteiger partial charge >= 0.3 is 0 Å². The lowest BCUT2D eigenvalue weighted by molar-refractivity contribution is -0.131. The predicted molar refractivity (Wildman–Crippen MR) is 73.5 cm³/mol. The van der Waals surface area contributed by atoms with Crippen molar-refractivity contribution in [2.75, 3.05) is 19.7 Å². The molecule has 18 heavy (non-hydrogen) atoms. The molecule has 1 N–H and O–H groups in total. The Balaban J connectivity index is 2.45. The lowest BCUT2D eigenvalue weighted by atomic mass is 10.1. The molecule has 1 aromatic rings. The van der Waals surface area contributed by atoms with E-state index in [1.165, 1.54) is 11.1 Å². The van der Waals surface area contributed by atoms with E-state index in [2.05, 4.69) is 31.2 Å². The minimum atomic E-state index is 0.0325. The van der Waals surface area contributed by atoms with Crippen LogP contribution < -0.4 is 0 Å². The summed E-state index contributed by atoms with van der Waals surface area (Å²) >= 11 is 0. The molecular weight excluding hydrogens is 226 g/mol. The van der Waals surface area contributed by atoms with Crippen LogP contribution in [0.25, 0.3) is 0 Å². The van der Waals surface area contributed by atoms with Crippen LogP contribution in [0.5, 0.6) is 0 Å². The maximum atomic E-state index is 11.9. The highest BCUT2D eigenvalue weighted by atomic mass is 16.3. The number of carbonyl (C=O) groups excluding carboxylic acids is 1. The normalized spacial score (nSPS) is 10.4. The van der Waals surface area contributed by atoms with E-state index in [1.807, 2.05) is 6.92 Å². The Bertz CT molecular complexity index is 359. The Kier molecular flexibility index (Phi) is 6.44. The molecule has 1 amide bonds. The molecule has 3 nitrogen and oxygen atoms in total. The first-order chi connectivity index (χ1) is 8.71. The summed E-state index contributed by atoms with van der Waals surface area (Å²) < 4.78 is 0. The van der Waals surface area contributed by atoms with Gasteiger partial charge in [-0.15, -0.1) is 0 Å². The Labute approximate surface area is 109 Å². The molecule has 1 rings (SSSR count). The summed E-state index contributed by atoms with van der Waals surface area (Å²) in [6.45, 7) is 5.19. The van der Waals surface area contributed by atoms with Gasteiger partial charge in [0, 0.05) is 19.5 Å². The van der Waals surface area contributed by atoms with Crippen molar-refractivity contribution in [3.8, 4) is 0 Å². The number of aliphatic hydroxyl groups is 1. The molecule has 0 saturated heterocycles. The van der Waals surface area contributed by atoms with Gasteiger partial charge in [-0.05, 0) is 30.9 Å². The van der Waals surface area contributed by atoms with Crippen molar-refractivity contribution in [2.45, 2.75) is 33.1 Å². The number of likely N-dealkylation sites (N-methyl/N-ethyl adjacent to an activating group) is 1. The fraction of sp³-hybridized carbons (Fsp3) is 0.533. The highest BCUT2D eigenvalue weighted by molar-refractivity contribution is 5.76. The van der Waals surface area contributed by atoms with Crippen LogP contribution in [0.2, 0.25) is 0 Å². The summed E-state index contributed by atoms with van der Waals surface area (Å²) in [5.41, 5.74) is 2.51. The molecule has 0 fully saturated rings. The molecule has 1 aromatic carbocycles. The quantitative estimate of drug-likeness (QED) is 0.803. The predicted octanol–water partition coefficient (Wildman–Crippen LogP) is 2.02. The van der Waals surface area contributed by atoms with Crippen LogP contribution in [0.1, 0.15) is 31.4 Å². The number of hydrogen-bond donors (Lipinski definition) is 1. The molecule has 0 atom stereocenters. The van der Waals surface area contributed by atoms with Crippen LogP contribution >= 0.6 is 0 Å². The summed E-state index contributed by atoms with van der Waals surface area (Å²) in [5, 5.41) is 8.87. The zero-order valence-electron chi connectivity index (χ0n) is 11.4. The second-order valence-corrected chi connectivity index (χ2v) is 4.37. The first kappa shape index (κ1) is 14.7. The van der Waals surface area contributed by atoms with Gasteiger partial charge in [-0.25, -0.2) is 0 Å². The van der Waals surface area contributed by atoms with Crippen LogP contribution in [0.4, 0.5) is 0 Å². The van der Waals surface area contributed by atoms with E-state index < -0.39 is 0 Å². The monoisotopic (exact) mass is 249 g/mol. The van der Waals surface area contributed by atoms with Gasteiger partial charge in [0.1, 0.15) is 0 Å². The minimum Gasteiger partial charge on any atom is -0.395 e. The van der Waals surface area contributed by atoms with Crippen LogP contribution in [-0.2, 0) is 17.6 Å². The molecule has 0 radical (unpaired) electrons. The molecule has 0 heterocycles. The molecule has 0 aromatic heterocycles. The fourth-order valence-electron chi connectivity index (χ4n) is 1.93. The molecule has 3 heteroatoms. The average Bonchev–Trinajstić information content (AvgIpc) is 2.42. The molecule has 0 spiro atoms. The number of amides is 1. The smallest absolute Gasteiger partial charge is 0.222 e. The number of hydrogen-bond acceptors (Lipinski definition) is 2. The van der Waals surface area contributed by atoms with Crippen LogP contribution in [0, 0.1) is 0 Å². The average molecular weight is 249 g/mol. The third kappa shape index (κ3) is 4.49. The second kappa shape index (κ2) is 7.88. The van der Waals surface area contributed by atoms with Gasteiger partial charge in [-0.3, -0.25) is 4.79 Å². The minimum absolute atomic E-state index is 0.0325. The highest BCUT2D eigenvalue weighted by Gasteiger charge is 2.10. The maximum Gasteiger partial charge on any atom is 0.222 e. The Morgan fingerprint density at radius 2 is 1.78 bits per heavy atom. The summed E-state index contributed by atoms with van der Waals surface area (Å²) in [6, 6.07) is 8.42. The number of nitrogens with zero attached hydrogens (tertiary/aromatic N) is 1. The largest absolute Gasteiger partial charge is 0.395 e. The van der Waals surface area contributed by atoms with Crippen LogP contribution in [0.15, 0.2) is 24.3 Å². The molecule has 0 unspecified atom stereocenters. The van der Waals surface area contributed by atoms with Gasteiger partial charge in [0.2, 0.25) is 5.91 Å². The lowest BCUT2D eigenvalue weighted by Gasteiger charge is -2.19. The molecule has 0 aliphatic rings. The van der Waals surface area contributed by atoms with E-state index in [9.17, 15) is 4.79 Å². The zero-order chi connectivity index (χ0) is 13.4. The SMILES string of the molecule is CCc1ccc(CCC(=O)N(CC)CCO)cc1. The summed E-state index contributed by atoms with van der Waals surface area (Å²) in [5.74, 6) is 0.117. The van der Waals surface area contributed by atoms with Gasteiger partial charge in [-0.2, -0.15) is 0 Å². The van der Waals surface area contributed by atoms with E-state index in [1.54, 1.807) is 4.90 Å². The highest BCUT2D eigenvalue weighted by Crippen LogP contribution is 2.08. The fourth-order valence-corrected chi connectivity index (χ4v) is 1.93. The molecule has 0 bridgehead atoms. The first-order valence-corrected chi connectivity index (χ1v) is 6.67. The Morgan fingerprint density at radius 1 is 1.17 bits per heavy atom. The summed E-state index contributed by atoms with van der Waals surface area (Å²) in [7, 11) is 0. The van der Waals surface area contributed by atoms with Crippen molar-refractivity contribution in [1.82, 2.24) is 4.90 Å². The number of rotatable bonds is 7. The number of aryl methyl sites for hydroxylation is 2. The molecule has 0 aliphatic carbocycles. The first-order valence-electron chi connectivity index (χ1n) is 6.67. The van der Waals surface area contributed by atoms with Gasteiger partial charge in [0.25, 0.3) is 0 Å². The number of benzene rings is 1. The Hall–Kier alpha value is -1.35. The third-order valence-corrected chi connectivity index (χ3v) is 3.16. The second-order valence-electron chi connectivity index (χ2n) is 4.37.